The van der Waals surface area contributed by atoms with Gasteiger partial charge in [0.05, 0.1) is 4.90 Å². The number of nitrogens with one attached hydrogen (secondary N) is 1. The Balaban J connectivity index is 1.63. The van der Waals surface area contributed by atoms with Crippen LogP contribution in [0.25, 0.3) is 0 Å². The third-order valence-electron chi connectivity index (χ3n) is 5.56. The van der Waals surface area contributed by atoms with Crippen molar-refractivity contribution in [2.45, 2.75) is 31.6 Å². The number of amides is 1. The van der Waals surface area contributed by atoms with Crippen LogP contribution in [0.3, 0.4) is 0 Å². The van der Waals surface area contributed by atoms with Crippen molar-refractivity contribution in [2.75, 3.05) is 39.8 Å². The standard InChI is InChI=1S/C23H31N3O3S/c1-18-6-4-7-20(16-18)8-5-11-24-23(27)22-17-21(10-9-19(22)2)30(28,29)26-14-12-25(3)13-15-26/h4,6-7,9-10,16-17H,5,8,11-15H2,1-3H3,(H,24,27). The molecule has 3 rings (SSSR count). The molecule has 1 saturated heterocycles. The van der Waals surface area contributed by atoms with Crippen LogP contribution >= 0.6 is 0 Å². The van der Waals surface area contributed by atoms with E-state index in [1.54, 1.807) is 12.1 Å². The Kier molecular flexibility index (Phi) is 7.28. The minimum absolute atomic E-state index is 0.183. The van der Waals surface area contributed by atoms with E-state index in [-0.39, 0.29) is 10.8 Å². The van der Waals surface area contributed by atoms with E-state index in [2.05, 4.69) is 35.3 Å². The minimum Gasteiger partial charge on any atom is -0.352 e. The highest BCUT2D eigenvalue weighted by Crippen LogP contribution is 2.21. The summed E-state index contributed by atoms with van der Waals surface area (Å²) < 4.78 is 27.5. The molecule has 1 aliphatic rings. The summed E-state index contributed by atoms with van der Waals surface area (Å²) in [5.74, 6) is -0.229. The molecule has 1 heterocycles. The molecule has 2 aromatic rings. The van der Waals surface area contributed by atoms with Crippen LogP contribution in [0.4, 0.5) is 0 Å². The van der Waals surface area contributed by atoms with Gasteiger partial charge in [0, 0.05) is 38.3 Å². The van der Waals surface area contributed by atoms with Crippen molar-refractivity contribution in [3.63, 3.8) is 0 Å². The highest BCUT2D eigenvalue weighted by atomic mass is 32.2. The van der Waals surface area contributed by atoms with Crippen LogP contribution in [-0.2, 0) is 16.4 Å². The van der Waals surface area contributed by atoms with Gasteiger partial charge in [-0.1, -0.05) is 35.9 Å². The van der Waals surface area contributed by atoms with Crippen LogP contribution < -0.4 is 5.32 Å². The maximum atomic E-state index is 13.0. The maximum Gasteiger partial charge on any atom is 0.251 e. The Bertz CT molecular complexity index is 997. The van der Waals surface area contributed by atoms with E-state index in [0.29, 0.717) is 38.3 Å². The summed E-state index contributed by atoms with van der Waals surface area (Å²) in [6.45, 7) is 6.78. The number of rotatable bonds is 7. The first-order valence-corrected chi connectivity index (χ1v) is 11.8. The number of nitrogens with zero attached hydrogens (tertiary/aromatic N) is 2. The van der Waals surface area contributed by atoms with Crippen LogP contribution in [-0.4, -0.2) is 63.3 Å². The summed E-state index contributed by atoms with van der Waals surface area (Å²) in [5, 5.41) is 2.93. The monoisotopic (exact) mass is 429 g/mol. The van der Waals surface area contributed by atoms with E-state index in [4.69, 9.17) is 0 Å². The SMILES string of the molecule is Cc1cccc(CCCNC(=O)c2cc(S(=O)(=O)N3CCN(C)CC3)ccc2C)c1. The third kappa shape index (κ3) is 5.47. The molecule has 0 bridgehead atoms. The highest BCUT2D eigenvalue weighted by Gasteiger charge is 2.28. The van der Waals surface area contributed by atoms with E-state index in [0.717, 1.165) is 18.4 Å². The molecule has 162 valence electrons. The summed E-state index contributed by atoms with van der Waals surface area (Å²) in [6.07, 6.45) is 1.71. The molecule has 30 heavy (non-hydrogen) atoms. The topological polar surface area (TPSA) is 69.7 Å². The summed E-state index contributed by atoms with van der Waals surface area (Å²) in [6, 6.07) is 13.2. The minimum atomic E-state index is -3.60. The van der Waals surface area contributed by atoms with Crippen LogP contribution in [0.1, 0.15) is 33.5 Å². The lowest BCUT2D eigenvalue weighted by atomic mass is 10.1. The zero-order valence-corrected chi connectivity index (χ0v) is 18.8. The van der Waals surface area contributed by atoms with Gasteiger partial charge < -0.3 is 10.2 Å². The Hall–Kier alpha value is -2.22. The van der Waals surface area contributed by atoms with Crippen molar-refractivity contribution < 1.29 is 13.2 Å². The Morgan fingerprint density at radius 1 is 1.03 bits per heavy atom. The molecule has 0 aromatic heterocycles. The number of carbonyl (C=O) groups excluding carboxylic acids is 1. The second-order valence-electron chi connectivity index (χ2n) is 8.03. The van der Waals surface area contributed by atoms with Gasteiger partial charge in [-0.2, -0.15) is 4.31 Å². The molecule has 7 heteroatoms. The highest BCUT2D eigenvalue weighted by molar-refractivity contribution is 7.89. The van der Waals surface area contributed by atoms with E-state index in [1.165, 1.54) is 21.5 Å². The van der Waals surface area contributed by atoms with E-state index in [9.17, 15) is 13.2 Å². The van der Waals surface area contributed by atoms with Gasteiger partial charge >= 0.3 is 0 Å². The molecule has 1 amide bonds. The fourth-order valence-corrected chi connectivity index (χ4v) is 5.09. The largest absolute Gasteiger partial charge is 0.352 e. The van der Waals surface area contributed by atoms with Gasteiger partial charge in [0.1, 0.15) is 0 Å². The molecular formula is C23H31N3O3S. The van der Waals surface area contributed by atoms with Gasteiger partial charge in [0.2, 0.25) is 10.0 Å². The molecular weight excluding hydrogens is 398 g/mol. The Labute approximate surface area is 179 Å². The van der Waals surface area contributed by atoms with Crippen molar-refractivity contribution in [1.82, 2.24) is 14.5 Å². The molecule has 1 fully saturated rings. The first-order valence-electron chi connectivity index (χ1n) is 10.4. The molecule has 0 unspecified atom stereocenters. The van der Waals surface area contributed by atoms with Crippen LogP contribution in [0, 0.1) is 13.8 Å². The lowest BCUT2D eigenvalue weighted by molar-refractivity contribution is 0.0952. The molecule has 0 saturated carbocycles. The molecule has 0 radical (unpaired) electrons. The van der Waals surface area contributed by atoms with Crippen LogP contribution in [0.15, 0.2) is 47.4 Å². The average Bonchev–Trinajstić information content (AvgIpc) is 2.71. The molecule has 6 nitrogen and oxygen atoms in total. The number of aryl methyl sites for hydroxylation is 3. The summed E-state index contributed by atoms with van der Waals surface area (Å²) >= 11 is 0. The second-order valence-corrected chi connectivity index (χ2v) is 9.97. The maximum absolute atomic E-state index is 13.0. The van der Waals surface area contributed by atoms with Gasteiger partial charge in [0.25, 0.3) is 5.91 Å². The summed E-state index contributed by atoms with van der Waals surface area (Å²) in [5.41, 5.74) is 3.66. The van der Waals surface area contributed by atoms with Gasteiger partial charge in [-0.3, -0.25) is 4.79 Å². The van der Waals surface area contributed by atoms with Crippen molar-refractivity contribution in [3.05, 3.63) is 64.7 Å². The fraction of sp³-hybridized carbons (Fsp3) is 0.435. The van der Waals surface area contributed by atoms with Crippen LogP contribution in [0.2, 0.25) is 0 Å². The van der Waals surface area contributed by atoms with Crippen molar-refractivity contribution >= 4 is 15.9 Å². The van der Waals surface area contributed by atoms with E-state index >= 15 is 0 Å². The number of carbonyl (C=O) groups is 1. The zero-order chi connectivity index (χ0) is 21.7. The normalized spacial score (nSPS) is 15.8. The Morgan fingerprint density at radius 3 is 2.47 bits per heavy atom. The Morgan fingerprint density at radius 2 is 1.77 bits per heavy atom. The smallest absolute Gasteiger partial charge is 0.251 e. The van der Waals surface area contributed by atoms with Crippen molar-refractivity contribution in [1.29, 1.82) is 0 Å². The fourth-order valence-electron chi connectivity index (χ4n) is 3.64. The first-order chi connectivity index (χ1) is 14.3. The van der Waals surface area contributed by atoms with Gasteiger partial charge in [-0.25, -0.2) is 8.42 Å². The van der Waals surface area contributed by atoms with E-state index < -0.39 is 10.0 Å². The molecule has 0 atom stereocenters. The van der Waals surface area contributed by atoms with Gasteiger partial charge in [-0.15, -0.1) is 0 Å². The summed E-state index contributed by atoms with van der Waals surface area (Å²) in [7, 11) is -1.61. The molecule has 1 N–H and O–H groups in total. The molecule has 1 aliphatic heterocycles. The van der Waals surface area contributed by atoms with E-state index in [1.807, 2.05) is 20.0 Å². The molecule has 0 spiro atoms. The lowest BCUT2D eigenvalue weighted by Gasteiger charge is -2.31. The number of hydrogen-bond donors (Lipinski definition) is 1. The van der Waals surface area contributed by atoms with Gasteiger partial charge in [0.15, 0.2) is 0 Å². The van der Waals surface area contributed by atoms with Gasteiger partial charge in [-0.05, 0) is 57.0 Å². The quantitative estimate of drug-likeness (QED) is 0.687. The predicted molar refractivity (Wildman–Crippen MR) is 119 cm³/mol. The predicted octanol–water partition coefficient (Wildman–Crippen LogP) is 2.60. The second kappa shape index (κ2) is 9.73. The average molecular weight is 430 g/mol. The first kappa shape index (κ1) is 22.5. The van der Waals surface area contributed by atoms with Crippen molar-refractivity contribution in [3.8, 4) is 0 Å². The third-order valence-corrected chi connectivity index (χ3v) is 7.46. The number of piperazine rings is 1. The number of sulfonamides is 1. The zero-order valence-electron chi connectivity index (χ0n) is 18.0. The molecule has 2 aromatic carbocycles. The summed E-state index contributed by atoms with van der Waals surface area (Å²) in [4.78, 5) is 15.0. The number of hydrogen-bond acceptors (Lipinski definition) is 4. The number of likely N-dealkylation sites (N-methyl/N-ethyl adjacent to an activating group) is 1. The lowest BCUT2D eigenvalue weighted by Crippen LogP contribution is -2.47. The molecule has 0 aliphatic carbocycles. The van der Waals surface area contributed by atoms with Crippen molar-refractivity contribution in [2.24, 2.45) is 0 Å². The number of benzene rings is 2. The van der Waals surface area contributed by atoms with Crippen LogP contribution in [0.5, 0.6) is 0 Å².